The van der Waals surface area contributed by atoms with Crippen molar-refractivity contribution in [2.75, 3.05) is 0 Å². The predicted molar refractivity (Wildman–Crippen MR) is 84.0 cm³/mol. The second-order valence-corrected chi connectivity index (χ2v) is 4.67. The monoisotopic (exact) mass is 424 g/mol. The number of hydrogen-bond acceptors (Lipinski definition) is 0. The van der Waals surface area contributed by atoms with Gasteiger partial charge in [-0.2, -0.15) is 0 Å². The molecule has 0 saturated heterocycles. The van der Waals surface area contributed by atoms with E-state index in [1.54, 1.807) is 0 Å². The fourth-order valence-electron chi connectivity index (χ4n) is 1.25. The molecule has 0 N–H and O–H groups in total. The first kappa shape index (κ1) is 20.4. The zero-order valence-electron chi connectivity index (χ0n) is 8.92. The third kappa shape index (κ3) is 20.2. The molecule has 0 heterocycles. The molecule has 80 valence electrons. The lowest BCUT2D eigenvalue weighted by molar-refractivity contribution is 0.585. The Morgan fingerprint density at radius 2 is 1.38 bits per heavy atom. The first-order valence-corrected chi connectivity index (χ1v) is 5.69. The summed E-state index contributed by atoms with van der Waals surface area (Å²) in [5, 5.41) is 0. The lowest BCUT2D eigenvalue weighted by Crippen LogP contribution is -1.85. The summed E-state index contributed by atoms with van der Waals surface area (Å²) in [6, 6.07) is 0. The Hall–Kier alpha value is 1.99. The molecule has 0 amide bonds. The van der Waals surface area contributed by atoms with Crippen molar-refractivity contribution in [1.29, 1.82) is 0 Å². The van der Waals surface area contributed by atoms with Gasteiger partial charge in [-0.3, -0.25) is 0 Å². The van der Waals surface area contributed by atoms with Crippen LogP contribution in [-0.2, 0) is 0 Å². The smallest absolute Gasteiger partial charge is 0.110 e. The van der Waals surface area contributed by atoms with E-state index in [-0.39, 0.29) is 48.0 Å². The van der Waals surface area contributed by atoms with Crippen molar-refractivity contribution in [2.24, 2.45) is 0 Å². The third-order valence-corrected chi connectivity index (χ3v) is 2.35. The molecule has 1 unspecified atom stereocenters. The highest BCUT2D eigenvalue weighted by Gasteiger charge is 1.92. The van der Waals surface area contributed by atoms with Gasteiger partial charge in [0.15, 0.2) is 0 Å². The maximum atomic E-state index is 2.87. The molecule has 0 fully saturated rings. The van der Waals surface area contributed by atoms with Gasteiger partial charge in [0, 0.05) is 0 Å². The number of unbranched alkanes of at least 4 members (excludes halogenated alkanes) is 5. The van der Waals surface area contributed by atoms with Gasteiger partial charge in [-0.25, -0.2) is 0 Å². The van der Waals surface area contributed by atoms with Crippen molar-refractivity contribution < 1.29 is 0 Å². The van der Waals surface area contributed by atoms with Crippen LogP contribution in [0.25, 0.3) is 0 Å². The minimum atomic E-state index is 0. The third-order valence-electron chi connectivity index (χ3n) is 2.01. The lowest BCUT2D eigenvalue weighted by atomic mass is 10.1. The van der Waals surface area contributed by atoms with Gasteiger partial charge in [0.2, 0.25) is 0 Å². The van der Waals surface area contributed by atoms with Crippen molar-refractivity contribution in [3.05, 3.63) is 0 Å². The molecule has 0 aromatic rings. The van der Waals surface area contributed by atoms with Gasteiger partial charge in [0.05, 0.1) is 0 Å². The summed E-state index contributed by atoms with van der Waals surface area (Å²) in [5.41, 5.74) is 0. The summed E-state index contributed by atoms with van der Waals surface area (Å²) in [5.74, 6) is 0. The minimum Gasteiger partial charge on any atom is -0.110 e. The molecule has 0 bridgehead atoms. The second-order valence-electron chi connectivity index (χ2n) is 3.53. The van der Waals surface area contributed by atoms with E-state index >= 15 is 0 Å². The van der Waals surface area contributed by atoms with E-state index in [1.165, 1.54) is 44.9 Å². The SMILES string of the molecule is CCCCCCCC[CH](C)[Al].I.I. The first-order valence-electron chi connectivity index (χ1n) is 5.03. The van der Waals surface area contributed by atoms with Crippen LogP contribution >= 0.6 is 48.0 Å². The Balaban J connectivity index is -0.000000500. The van der Waals surface area contributed by atoms with Crippen LogP contribution in [0.3, 0.4) is 0 Å². The van der Waals surface area contributed by atoms with Crippen molar-refractivity contribution >= 4 is 64.2 Å². The molecule has 0 aliphatic carbocycles. The van der Waals surface area contributed by atoms with Crippen molar-refractivity contribution in [3.8, 4) is 0 Å². The van der Waals surface area contributed by atoms with Crippen molar-refractivity contribution in [1.82, 2.24) is 0 Å². The van der Waals surface area contributed by atoms with Crippen LogP contribution in [0.5, 0.6) is 0 Å². The number of rotatable bonds is 7. The molecule has 0 aliphatic rings. The quantitative estimate of drug-likeness (QED) is 0.308. The van der Waals surface area contributed by atoms with Crippen LogP contribution < -0.4 is 0 Å². The van der Waals surface area contributed by atoms with E-state index in [1.807, 2.05) is 0 Å². The molecule has 0 nitrogen and oxygen atoms in total. The van der Waals surface area contributed by atoms with Crippen LogP contribution in [0, 0.1) is 0 Å². The predicted octanol–water partition coefficient (Wildman–Crippen LogP) is 4.95. The average Bonchev–Trinajstić information content (AvgIpc) is 1.96. The fourth-order valence-corrected chi connectivity index (χ4v) is 1.48. The van der Waals surface area contributed by atoms with E-state index in [0.717, 1.165) is 4.78 Å². The normalized spacial score (nSPS) is 11.2. The summed E-state index contributed by atoms with van der Waals surface area (Å²) in [6.45, 7) is 4.54. The lowest BCUT2D eigenvalue weighted by Gasteiger charge is -2.03. The van der Waals surface area contributed by atoms with Crippen molar-refractivity contribution in [3.63, 3.8) is 0 Å². The minimum absolute atomic E-state index is 0. The summed E-state index contributed by atoms with van der Waals surface area (Å²) >= 11 is 2.87. The Kier molecular flexibility index (Phi) is 25.8. The molecular weight excluding hydrogens is 401 g/mol. The topological polar surface area (TPSA) is 0 Å². The zero-order valence-corrected chi connectivity index (χ0v) is 14.7. The molecule has 0 aromatic carbocycles. The van der Waals surface area contributed by atoms with E-state index in [2.05, 4.69) is 30.1 Å². The van der Waals surface area contributed by atoms with E-state index in [0.29, 0.717) is 0 Å². The van der Waals surface area contributed by atoms with Crippen LogP contribution in [0.1, 0.15) is 58.8 Å². The molecule has 0 aliphatic heterocycles. The second kappa shape index (κ2) is 16.4. The molecule has 0 saturated carbocycles. The van der Waals surface area contributed by atoms with Crippen LogP contribution in [0.4, 0.5) is 0 Å². The Labute approximate surface area is 126 Å². The summed E-state index contributed by atoms with van der Waals surface area (Å²) < 4.78 is 0.821. The molecule has 0 spiro atoms. The van der Waals surface area contributed by atoms with E-state index in [9.17, 15) is 0 Å². The summed E-state index contributed by atoms with van der Waals surface area (Å²) in [7, 11) is 0. The average molecular weight is 424 g/mol. The van der Waals surface area contributed by atoms with Crippen LogP contribution in [0.2, 0.25) is 4.78 Å². The molecule has 0 aromatic heterocycles. The molecule has 3 heteroatoms. The van der Waals surface area contributed by atoms with E-state index < -0.39 is 0 Å². The molecule has 13 heavy (non-hydrogen) atoms. The Morgan fingerprint density at radius 1 is 0.923 bits per heavy atom. The standard InChI is InChI=1S/C10H21.Al.2HI/c1-3-5-7-9-10-8-6-4-2;;;/h3H,4-10H2,1-2H3;;2*1H. The van der Waals surface area contributed by atoms with Gasteiger partial charge in [-0.15, -0.1) is 52.7 Å². The van der Waals surface area contributed by atoms with Gasteiger partial charge < -0.3 is 0 Å². The molecule has 1 atom stereocenters. The molecule has 0 rings (SSSR count). The van der Waals surface area contributed by atoms with Crippen molar-refractivity contribution in [2.45, 2.75) is 63.6 Å². The largest absolute Gasteiger partial charge is 0.123 e. The highest BCUT2D eigenvalue weighted by Crippen LogP contribution is 2.12. The van der Waals surface area contributed by atoms with E-state index in [4.69, 9.17) is 0 Å². The maximum absolute atomic E-state index is 2.87. The molecular formula is C10H23AlI2. The maximum Gasteiger partial charge on any atom is 0.123 e. The summed E-state index contributed by atoms with van der Waals surface area (Å²) in [6.07, 6.45) is 9.94. The van der Waals surface area contributed by atoms with Gasteiger partial charge in [0.25, 0.3) is 0 Å². The Morgan fingerprint density at radius 3 is 1.85 bits per heavy atom. The zero-order chi connectivity index (χ0) is 8.53. The van der Waals surface area contributed by atoms with Crippen LogP contribution in [0.15, 0.2) is 0 Å². The summed E-state index contributed by atoms with van der Waals surface area (Å²) in [4.78, 5) is 0. The van der Waals surface area contributed by atoms with Gasteiger partial charge in [0.1, 0.15) is 16.3 Å². The van der Waals surface area contributed by atoms with Gasteiger partial charge in [-0.1, -0.05) is 58.8 Å². The Bertz CT molecular complexity index is 77.3. The first-order chi connectivity index (χ1) is 5.27. The molecule has 2 radical (unpaired) electrons. The van der Waals surface area contributed by atoms with Gasteiger partial charge >= 0.3 is 0 Å². The van der Waals surface area contributed by atoms with Gasteiger partial charge in [-0.05, 0) is 0 Å². The highest BCUT2D eigenvalue weighted by molar-refractivity contribution is 14.0. The number of halogens is 2. The fraction of sp³-hybridized carbons (Fsp3) is 1.00. The highest BCUT2D eigenvalue weighted by atomic mass is 127. The van der Waals surface area contributed by atoms with Crippen LogP contribution in [-0.4, -0.2) is 16.3 Å². The number of hydrogen-bond donors (Lipinski definition) is 0.